The van der Waals surface area contributed by atoms with Crippen molar-refractivity contribution in [2.24, 2.45) is 0 Å². The van der Waals surface area contributed by atoms with Gasteiger partial charge in [0, 0.05) is 6.42 Å². The second-order valence-corrected chi connectivity index (χ2v) is 6.89. The number of carbonyl (C=O) groups is 2. The molecule has 2 N–H and O–H groups in total. The molecule has 0 aromatic heterocycles. The van der Waals surface area contributed by atoms with Crippen LogP contribution in [0, 0.1) is 5.82 Å². The standard InChI is InChI=1S/C24H22FNO4/c25-20-11-9-17(10-12-20)15-23(27)26-22(24(28)29)14-19-7-4-8-21(13-19)30-16-18-5-2-1-3-6-18/h1-13,22H,14-16H2,(H,26,27)(H,28,29)/t22-/m0/s1. The Balaban J connectivity index is 1.59. The van der Waals surface area contributed by atoms with Gasteiger partial charge in [-0.2, -0.15) is 0 Å². The van der Waals surface area contributed by atoms with Crippen LogP contribution in [0.2, 0.25) is 0 Å². The quantitative estimate of drug-likeness (QED) is 0.566. The second-order valence-electron chi connectivity index (χ2n) is 6.89. The SMILES string of the molecule is O=C(Cc1ccc(F)cc1)N[C@@H](Cc1cccc(OCc2ccccc2)c1)C(=O)O. The Morgan fingerprint density at radius 1 is 0.900 bits per heavy atom. The molecule has 5 nitrogen and oxygen atoms in total. The van der Waals surface area contributed by atoms with Gasteiger partial charge in [0.15, 0.2) is 0 Å². The first-order valence-corrected chi connectivity index (χ1v) is 9.52. The van der Waals surface area contributed by atoms with E-state index in [0.29, 0.717) is 17.9 Å². The molecule has 3 rings (SSSR count). The predicted octanol–water partition coefficient (Wildman–Crippen LogP) is 3.76. The van der Waals surface area contributed by atoms with Gasteiger partial charge in [0.25, 0.3) is 0 Å². The molecule has 1 amide bonds. The maximum atomic E-state index is 13.0. The van der Waals surface area contributed by atoms with Gasteiger partial charge < -0.3 is 15.2 Å². The summed E-state index contributed by atoms with van der Waals surface area (Å²) in [5, 5.41) is 12.0. The number of aliphatic carboxylic acids is 1. The highest BCUT2D eigenvalue weighted by atomic mass is 19.1. The van der Waals surface area contributed by atoms with Gasteiger partial charge >= 0.3 is 5.97 Å². The predicted molar refractivity (Wildman–Crippen MR) is 111 cm³/mol. The van der Waals surface area contributed by atoms with Crippen molar-refractivity contribution in [2.45, 2.75) is 25.5 Å². The van der Waals surface area contributed by atoms with Crippen LogP contribution >= 0.6 is 0 Å². The molecule has 0 heterocycles. The zero-order chi connectivity index (χ0) is 21.3. The molecule has 0 bridgehead atoms. The number of carbonyl (C=O) groups excluding carboxylic acids is 1. The van der Waals surface area contributed by atoms with Crippen LogP contribution in [0.3, 0.4) is 0 Å². The van der Waals surface area contributed by atoms with Crippen LogP contribution in [0.1, 0.15) is 16.7 Å². The summed E-state index contributed by atoms with van der Waals surface area (Å²) < 4.78 is 18.8. The lowest BCUT2D eigenvalue weighted by Gasteiger charge is -2.15. The van der Waals surface area contributed by atoms with E-state index < -0.39 is 23.7 Å². The highest BCUT2D eigenvalue weighted by Crippen LogP contribution is 2.17. The number of halogens is 1. The second kappa shape index (κ2) is 10.2. The van der Waals surface area contributed by atoms with E-state index in [2.05, 4.69) is 5.32 Å². The zero-order valence-electron chi connectivity index (χ0n) is 16.3. The fraction of sp³-hybridized carbons (Fsp3) is 0.167. The number of amides is 1. The molecule has 0 saturated carbocycles. The Morgan fingerprint density at radius 3 is 2.30 bits per heavy atom. The van der Waals surface area contributed by atoms with E-state index >= 15 is 0 Å². The minimum absolute atomic E-state index is 0.0235. The first-order chi connectivity index (χ1) is 14.5. The lowest BCUT2D eigenvalue weighted by molar-refractivity contribution is -0.141. The van der Waals surface area contributed by atoms with Gasteiger partial charge in [0.2, 0.25) is 5.91 Å². The van der Waals surface area contributed by atoms with Gasteiger partial charge in [-0.3, -0.25) is 4.79 Å². The van der Waals surface area contributed by atoms with Crippen molar-refractivity contribution >= 4 is 11.9 Å². The van der Waals surface area contributed by atoms with Crippen LogP contribution in [0.15, 0.2) is 78.9 Å². The van der Waals surface area contributed by atoms with Crippen LogP contribution in [0.25, 0.3) is 0 Å². The first kappa shape index (κ1) is 21.0. The molecule has 0 spiro atoms. The third-order valence-electron chi connectivity index (χ3n) is 4.50. The summed E-state index contributed by atoms with van der Waals surface area (Å²) in [7, 11) is 0. The fourth-order valence-electron chi connectivity index (χ4n) is 2.97. The Bertz CT molecular complexity index is 990. The van der Waals surface area contributed by atoms with E-state index in [0.717, 1.165) is 11.1 Å². The van der Waals surface area contributed by atoms with Gasteiger partial charge in [-0.1, -0.05) is 54.6 Å². The summed E-state index contributed by atoms with van der Waals surface area (Å²) in [6.45, 7) is 0.404. The lowest BCUT2D eigenvalue weighted by Crippen LogP contribution is -2.43. The van der Waals surface area contributed by atoms with Crippen molar-refractivity contribution in [2.75, 3.05) is 0 Å². The van der Waals surface area contributed by atoms with Crippen molar-refractivity contribution < 1.29 is 23.8 Å². The molecule has 3 aromatic carbocycles. The largest absolute Gasteiger partial charge is 0.489 e. The number of nitrogens with one attached hydrogen (secondary N) is 1. The maximum Gasteiger partial charge on any atom is 0.326 e. The van der Waals surface area contributed by atoms with Gasteiger partial charge in [-0.05, 0) is 41.0 Å². The molecule has 154 valence electrons. The van der Waals surface area contributed by atoms with E-state index in [1.54, 1.807) is 24.3 Å². The number of hydrogen-bond acceptors (Lipinski definition) is 3. The van der Waals surface area contributed by atoms with Gasteiger partial charge in [-0.15, -0.1) is 0 Å². The normalized spacial score (nSPS) is 11.5. The molecule has 30 heavy (non-hydrogen) atoms. The molecule has 0 radical (unpaired) electrons. The summed E-state index contributed by atoms with van der Waals surface area (Å²) in [6, 6.07) is 21.3. The van der Waals surface area contributed by atoms with E-state index in [9.17, 15) is 19.1 Å². The Morgan fingerprint density at radius 2 is 1.60 bits per heavy atom. The number of hydrogen-bond donors (Lipinski definition) is 2. The van der Waals surface area contributed by atoms with Crippen molar-refractivity contribution in [1.29, 1.82) is 0 Å². The minimum atomic E-state index is -1.13. The number of carboxylic acid groups (broad SMARTS) is 1. The monoisotopic (exact) mass is 407 g/mol. The molecule has 6 heteroatoms. The number of carboxylic acids is 1. The summed E-state index contributed by atoms with van der Waals surface area (Å²) in [5.41, 5.74) is 2.36. The molecule has 0 unspecified atom stereocenters. The van der Waals surface area contributed by atoms with Crippen LogP contribution in [-0.4, -0.2) is 23.0 Å². The average molecular weight is 407 g/mol. The van der Waals surface area contributed by atoms with Crippen molar-refractivity contribution in [3.8, 4) is 5.75 Å². The molecule has 3 aromatic rings. The molecule has 1 atom stereocenters. The van der Waals surface area contributed by atoms with Crippen LogP contribution in [-0.2, 0) is 29.0 Å². The molecule has 0 fully saturated rings. The summed E-state index contributed by atoms with van der Waals surface area (Å²) in [6.07, 6.45) is 0.0946. The highest BCUT2D eigenvalue weighted by molar-refractivity contribution is 5.85. The minimum Gasteiger partial charge on any atom is -0.489 e. The third kappa shape index (κ3) is 6.44. The smallest absolute Gasteiger partial charge is 0.326 e. The molecule has 0 saturated heterocycles. The van der Waals surface area contributed by atoms with E-state index in [1.165, 1.54) is 24.3 Å². The number of benzene rings is 3. The number of rotatable bonds is 9. The highest BCUT2D eigenvalue weighted by Gasteiger charge is 2.20. The summed E-state index contributed by atoms with van der Waals surface area (Å²) in [5.74, 6) is -1.33. The summed E-state index contributed by atoms with van der Waals surface area (Å²) in [4.78, 5) is 23.9. The van der Waals surface area contributed by atoms with Gasteiger partial charge in [-0.25, -0.2) is 9.18 Å². The van der Waals surface area contributed by atoms with Gasteiger partial charge in [0.05, 0.1) is 6.42 Å². The fourth-order valence-corrected chi connectivity index (χ4v) is 2.97. The van der Waals surface area contributed by atoms with E-state index in [4.69, 9.17) is 4.74 Å². The van der Waals surface area contributed by atoms with E-state index in [1.807, 2.05) is 30.3 Å². The third-order valence-corrected chi connectivity index (χ3v) is 4.50. The average Bonchev–Trinajstić information content (AvgIpc) is 2.74. The molecule has 0 aliphatic carbocycles. The summed E-state index contributed by atoms with van der Waals surface area (Å²) >= 11 is 0. The van der Waals surface area contributed by atoms with Crippen molar-refractivity contribution in [3.63, 3.8) is 0 Å². The van der Waals surface area contributed by atoms with Crippen molar-refractivity contribution in [1.82, 2.24) is 5.32 Å². The van der Waals surface area contributed by atoms with Crippen LogP contribution < -0.4 is 10.1 Å². The Hall–Kier alpha value is -3.67. The molecule has 0 aliphatic rings. The number of ether oxygens (including phenoxy) is 1. The van der Waals surface area contributed by atoms with E-state index in [-0.39, 0.29) is 12.8 Å². The van der Waals surface area contributed by atoms with Crippen molar-refractivity contribution in [3.05, 3.63) is 101 Å². The van der Waals surface area contributed by atoms with Gasteiger partial charge in [0.1, 0.15) is 24.2 Å². The first-order valence-electron chi connectivity index (χ1n) is 9.52. The zero-order valence-corrected chi connectivity index (χ0v) is 16.3. The Labute approximate surface area is 174 Å². The molecular weight excluding hydrogens is 385 g/mol. The Kier molecular flexibility index (Phi) is 7.16. The van der Waals surface area contributed by atoms with Crippen LogP contribution in [0.5, 0.6) is 5.75 Å². The maximum absolute atomic E-state index is 13.0. The lowest BCUT2D eigenvalue weighted by atomic mass is 10.0. The molecular formula is C24H22FNO4. The molecule has 0 aliphatic heterocycles. The van der Waals surface area contributed by atoms with Crippen LogP contribution in [0.4, 0.5) is 4.39 Å². The topological polar surface area (TPSA) is 75.6 Å².